The Morgan fingerprint density at radius 1 is 0.958 bits per heavy atom. The van der Waals surface area contributed by atoms with Gasteiger partial charge in [0.15, 0.2) is 0 Å². The third-order valence-corrected chi connectivity index (χ3v) is 4.51. The van der Waals surface area contributed by atoms with E-state index in [2.05, 4.69) is 41.3 Å². The van der Waals surface area contributed by atoms with Gasteiger partial charge in [-0.05, 0) is 24.1 Å². The van der Waals surface area contributed by atoms with Crippen LogP contribution in [0.25, 0.3) is 6.08 Å². The summed E-state index contributed by atoms with van der Waals surface area (Å²) in [6.45, 7) is 6.38. The Balaban J connectivity index is 1.50. The zero-order valence-corrected chi connectivity index (χ0v) is 14.2. The predicted octanol–water partition coefficient (Wildman–Crippen LogP) is 3.47. The van der Waals surface area contributed by atoms with Crippen molar-refractivity contribution in [1.29, 1.82) is 0 Å². The summed E-state index contributed by atoms with van der Waals surface area (Å²) >= 11 is 0. The number of carbonyl (C=O) groups excluding carboxylic acids is 1. The molecule has 1 aliphatic rings. The summed E-state index contributed by atoms with van der Waals surface area (Å²) in [5.74, 6) is 0.160. The highest BCUT2D eigenvalue weighted by Crippen LogP contribution is 2.13. The minimum absolute atomic E-state index is 0.160. The molecule has 2 aromatic rings. The van der Waals surface area contributed by atoms with Gasteiger partial charge in [0.2, 0.25) is 0 Å². The Hall–Kier alpha value is -2.39. The molecule has 24 heavy (non-hydrogen) atoms. The quantitative estimate of drug-likeness (QED) is 0.861. The van der Waals surface area contributed by atoms with Crippen LogP contribution in [0.2, 0.25) is 0 Å². The van der Waals surface area contributed by atoms with E-state index in [4.69, 9.17) is 0 Å². The molecule has 1 saturated heterocycles. The minimum atomic E-state index is 0.160. The van der Waals surface area contributed by atoms with Crippen LogP contribution in [0.15, 0.2) is 60.7 Å². The third kappa shape index (κ3) is 4.12. The third-order valence-electron chi connectivity index (χ3n) is 4.51. The van der Waals surface area contributed by atoms with Gasteiger partial charge < -0.3 is 4.90 Å². The second-order valence-corrected chi connectivity index (χ2v) is 6.22. The molecule has 0 aliphatic carbocycles. The maximum absolute atomic E-state index is 12.6. The molecule has 0 unspecified atom stereocenters. The van der Waals surface area contributed by atoms with E-state index in [1.54, 1.807) is 0 Å². The highest BCUT2D eigenvalue weighted by atomic mass is 16.2. The molecule has 0 N–H and O–H groups in total. The van der Waals surface area contributed by atoms with Gasteiger partial charge in [0.25, 0.3) is 5.91 Å². The minimum Gasteiger partial charge on any atom is -0.336 e. The highest BCUT2D eigenvalue weighted by molar-refractivity contribution is 5.95. The predicted molar refractivity (Wildman–Crippen MR) is 99.0 cm³/mol. The average Bonchev–Trinajstić information content (AvgIpc) is 2.63. The second-order valence-electron chi connectivity index (χ2n) is 6.22. The topological polar surface area (TPSA) is 23.6 Å². The van der Waals surface area contributed by atoms with Crippen molar-refractivity contribution in [2.24, 2.45) is 0 Å². The molecule has 1 fully saturated rings. The van der Waals surface area contributed by atoms with Gasteiger partial charge in [-0.1, -0.05) is 60.7 Å². The lowest BCUT2D eigenvalue weighted by molar-refractivity contribution is 0.0649. The van der Waals surface area contributed by atoms with E-state index in [0.717, 1.165) is 43.9 Å². The first-order valence-electron chi connectivity index (χ1n) is 8.53. The number of amides is 1. The number of carbonyl (C=O) groups is 1. The monoisotopic (exact) mass is 320 g/mol. The van der Waals surface area contributed by atoms with E-state index >= 15 is 0 Å². The van der Waals surface area contributed by atoms with Crippen molar-refractivity contribution < 1.29 is 4.79 Å². The molecule has 0 spiro atoms. The van der Waals surface area contributed by atoms with Crippen molar-refractivity contribution in [1.82, 2.24) is 9.80 Å². The summed E-state index contributed by atoms with van der Waals surface area (Å²) in [5.41, 5.74) is 3.11. The zero-order chi connectivity index (χ0) is 16.8. The first-order valence-corrected chi connectivity index (χ1v) is 8.53. The lowest BCUT2D eigenvalue weighted by atomic mass is 10.1. The average molecular weight is 320 g/mol. The van der Waals surface area contributed by atoms with E-state index < -0.39 is 0 Å². The van der Waals surface area contributed by atoms with Crippen molar-refractivity contribution in [3.63, 3.8) is 0 Å². The Morgan fingerprint density at radius 3 is 2.33 bits per heavy atom. The van der Waals surface area contributed by atoms with Gasteiger partial charge in [-0.25, -0.2) is 0 Å². The summed E-state index contributed by atoms with van der Waals surface area (Å²) in [6.07, 6.45) is 4.36. The summed E-state index contributed by atoms with van der Waals surface area (Å²) in [4.78, 5) is 17.0. The van der Waals surface area contributed by atoms with Crippen molar-refractivity contribution in [3.05, 3.63) is 77.4 Å². The zero-order valence-electron chi connectivity index (χ0n) is 14.2. The lowest BCUT2D eigenvalue weighted by Gasteiger charge is -2.34. The molecule has 2 aromatic carbocycles. The maximum Gasteiger partial charge on any atom is 0.254 e. The molecule has 1 aliphatic heterocycles. The Morgan fingerprint density at radius 2 is 1.62 bits per heavy atom. The smallest absolute Gasteiger partial charge is 0.254 e. The van der Waals surface area contributed by atoms with Crippen LogP contribution in [-0.2, 0) is 0 Å². The molecule has 0 bridgehead atoms. The SMILES string of the molecule is Cc1ccccc1C(=O)N1CCN(C/C=C/c2ccccc2)CC1. The van der Waals surface area contributed by atoms with E-state index in [9.17, 15) is 4.79 Å². The van der Waals surface area contributed by atoms with Gasteiger partial charge in [0.05, 0.1) is 0 Å². The van der Waals surface area contributed by atoms with E-state index in [1.165, 1.54) is 5.56 Å². The molecule has 0 atom stereocenters. The normalized spacial score (nSPS) is 15.8. The molecule has 1 amide bonds. The van der Waals surface area contributed by atoms with Crippen LogP contribution < -0.4 is 0 Å². The van der Waals surface area contributed by atoms with Crippen molar-refractivity contribution in [2.75, 3.05) is 32.7 Å². The van der Waals surface area contributed by atoms with Gasteiger partial charge in [-0.2, -0.15) is 0 Å². The molecule has 0 radical (unpaired) electrons. The number of rotatable bonds is 4. The highest BCUT2D eigenvalue weighted by Gasteiger charge is 2.22. The lowest BCUT2D eigenvalue weighted by Crippen LogP contribution is -2.48. The standard InChI is InChI=1S/C21H24N2O/c1-18-8-5-6-12-20(18)21(24)23-16-14-22(15-17-23)13-7-11-19-9-3-2-4-10-19/h2-12H,13-17H2,1H3/b11-7+. The molecular weight excluding hydrogens is 296 g/mol. The number of piperazine rings is 1. The van der Waals surface area contributed by atoms with Crippen LogP contribution in [-0.4, -0.2) is 48.4 Å². The van der Waals surface area contributed by atoms with Crippen LogP contribution in [0, 0.1) is 6.92 Å². The fraction of sp³-hybridized carbons (Fsp3) is 0.286. The van der Waals surface area contributed by atoms with Crippen LogP contribution in [0.4, 0.5) is 0 Å². The van der Waals surface area contributed by atoms with Crippen LogP contribution >= 0.6 is 0 Å². The van der Waals surface area contributed by atoms with Gasteiger partial charge in [-0.3, -0.25) is 9.69 Å². The molecule has 0 saturated carbocycles. The van der Waals surface area contributed by atoms with Crippen LogP contribution in [0.3, 0.4) is 0 Å². The maximum atomic E-state index is 12.6. The van der Waals surface area contributed by atoms with Gasteiger partial charge in [0, 0.05) is 38.3 Å². The number of aryl methyl sites for hydroxylation is 1. The van der Waals surface area contributed by atoms with Crippen molar-refractivity contribution in [2.45, 2.75) is 6.92 Å². The number of hydrogen-bond acceptors (Lipinski definition) is 2. The fourth-order valence-corrected chi connectivity index (χ4v) is 3.02. The van der Waals surface area contributed by atoms with E-state index in [0.29, 0.717) is 0 Å². The summed E-state index contributed by atoms with van der Waals surface area (Å²) in [5, 5.41) is 0. The number of nitrogens with zero attached hydrogens (tertiary/aromatic N) is 2. The van der Waals surface area contributed by atoms with Crippen LogP contribution in [0.5, 0.6) is 0 Å². The van der Waals surface area contributed by atoms with E-state index in [1.807, 2.05) is 42.2 Å². The van der Waals surface area contributed by atoms with Crippen molar-refractivity contribution in [3.8, 4) is 0 Å². The van der Waals surface area contributed by atoms with Crippen molar-refractivity contribution >= 4 is 12.0 Å². The Labute approximate surface area is 144 Å². The largest absolute Gasteiger partial charge is 0.336 e. The number of benzene rings is 2. The van der Waals surface area contributed by atoms with Gasteiger partial charge in [-0.15, -0.1) is 0 Å². The molecule has 3 rings (SSSR count). The molecule has 0 aromatic heterocycles. The van der Waals surface area contributed by atoms with Crippen LogP contribution in [0.1, 0.15) is 21.5 Å². The molecule has 3 heteroatoms. The molecular formula is C21H24N2O. The van der Waals surface area contributed by atoms with E-state index in [-0.39, 0.29) is 5.91 Å². The molecule has 124 valence electrons. The summed E-state index contributed by atoms with van der Waals surface area (Å²) < 4.78 is 0. The fourth-order valence-electron chi connectivity index (χ4n) is 3.02. The first kappa shape index (κ1) is 16.5. The first-order chi connectivity index (χ1) is 11.7. The summed E-state index contributed by atoms with van der Waals surface area (Å²) in [7, 11) is 0. The Kier molecular flexibility index (Phi) is 5.44. The summed E-state index contributed by atoms with van der Waals surface area (Å²) in [6, 6.07) is 18.2. The number of hydrogen-bond donors (Lipinski definition) is 0. The second kappa shape index (κ2) is 7.93. The van der Waals surface area contributed by atoms with Gasteiger partial charge in [0.1, 0.15) is 0 Å². The Bertz CT molecular complexity index is 701. The molecule has 3 nitrogen and oxygen atoms in total. The van der Waals surface area contributed by atoms with Gasteiger partial charge >= 0.3 is 0 Å². The molecule has 1 heterocycles.